The van der Waals surface area contributed by atoms with Crippen LogP contribution in [0.3, 0.4) is 0 Å². The maximum absolute atomic E-state index is 15.0. The SMILES string of the molecule is O=C(O)C(F)(F)F.O=S(=O)(Nc1cscn1)c1cc(C2CC2)c(NC2CCN(Cc3ccccc3)C2)cc1F. The first kappa shape index (κ1) is 28.8. The summed E-state index contributed by atoms with van der Waals surface area (Å²) in [4.78, 5) is 14.9. The van der Waals surface area contributed by atoms with Gasteiger partial charge in [0.1, 0.15) is 10.7 Å². The monoisotopic (exact) mass is 586 g/mol. The van der Waals surface area contributed by atoms with Gasteiger partial charge in [-0.15, -0.1) is 11.3 Å². The van der Waals surface area contributed by atoms with Gasteiger partial charge in [0.15, 0.2) is 5.82 Å². The van der Waals surface area contributed by atoms with Gasteiger partial charge in [0.05, 0.1) is 5.51 Å². The molecule has 2 aliphatic rings. The Kier molecular flexibility index (Phi) is 8.76. The Hall–Kier alpha value is -3.23. The number of aromatic nitrogens is 1. The molecular weight excluding hydrogens is 560 g/mol. The molecule has 3 N–H and O–H groups in total. The van der Waals surface area contributed by atoms with Crippen LogP contribution in [-0.2, 0) is 21.4 Å². The second kappa shape index (κ2) is 11.9. The van der Waals surface area contributed by atoms with Crippen molar-refractivity contribution in [2.45, 2.75) is 48.8 Å². The molecule has 2 fully saturated rings. The van der Waals surface area contributed by atoms with Gasteiger partial charge in [-0.2, -0.15) is 13.2 Å². The molecule has 1 atom stereocenters. The average Bonchev–Trinajstić information content (AvgIpc) is 3.41. The standard InChI is InChI=1S/C23H25FN4O2S2.C2HF3O2/c24-20-11-21(26-18-8-9-28(13-18)12-16-4-2-1-3-5-16)19(17-6-7-17)10-22(20)32(29,30)27-23-14-31-15-25-23;3-2(4,5)1(6)7/h1-5,10-11,14-15,17-18,26-27H,6-9,12-13H2;(H,6,7). The zero-order valence-corrected chi connectivity index (χ0v) is 22.1. The summed E-state index contributed by atoms with van der Waals surface area (Å²) in [7, 11) is -4.05. The summed E-state index contributed by atoms with van der Waals surface area (Å²) >= 11 is 1.27. The van der Waals surface area contributed by atoms with Crippen molar-refractivity contribution in [2.75, 3.05) is 23.1 Å². The molecule has 5 rings (SSSR count). The molecule has 1 saturated heterocycles. The van der Waals surface area contributed by atoms with Gasteiger partial charge in [-0.05, 0) is 48.4 Å². The molecule has 14 heteroatoms. The number of hydrogen-bond acceptors (Lipinski definition) is 7. The van der Waals surface area contributed by atoms with E-state index in [2.05, 4.69) is 32.1 Å². The first-order valence-electron chi connectivity index (χ1n) is 12.0. The minimum atomic E-state index is -5.08. The molecule has 1 aliphatic carbocycles. The number of carboxylic acids is 1. The molecular formula is C25H26F4N4O4S2. The van der Waals surface area contributed by atoms with E-state index in [1.54, 1.807) is 5.38 Å². The number of alkyl halides is 3. The lowest BCUT2D eigenvalue weighted by Crippen LogP contribution is -2.26. The minimum Gasteiger partial charge on any atom is -0.475 e. The Morgan fingerprint density at radius 2 is 1.85 bits per heavy atom. The Morgan fingerprint density at radius 1 is 1.15 bits per heavy atom. The first-order chi connectivity index (χ1) is 18.4. The van der Waals surface area contributed by atoms with Crippen LogP contribution in [0.5, 0.6) is 0 Å². The van der Waals surface area contributed by atoms with Crippen molar-refractivity contribution in [1.82, 2.24) is 9.88 Å². The highest BCUT2D eigenvalue weighted by atomic mass is 32.2. The fraction of sp³-hybridized carbons (Fsp3) is 0.360. The van der Waals surface area contributed by atoms with E-state index in [0.717, 1.165) is 44.5 Å². The van der Waals surface area contributed by atoms with Crippen LogP contribution in [0, 0.1) is 5.82 Å². The zero-order chi connectivity index (χ0) is 28.2. The highest BCUT2D eigenvalue weighted by Crippen LogP contribution is 2.45. The van der Waals surface area contributed by atoms with Crippen molar-refractivity contribution in [3.05, 3.63) is 70.3 Å². The van der Waals surface area contributed by atoms with Gasteiger partial charge >= 0.3 is 12.1 Å². The highest BCUT2D eigenvalue weighted by Gasteiger charge is 2.38. The predicted molar refractivity (Wildman–Crippen MR) is 139 cm³/mol. The van der Waals surface area contributed by atoms with Gasteiger partial charge in [-0.25, -0.2) is 22.6 Å². The predicted octanol–water partition coefficient (Wildman–Crippen LogP) is 5.28. The van der Waals surface area contributed by atoms with Gasteiger partial charge in [-0.1, -0.05) is 30.3 Å². The maximum atomic E-state index is 15.0. The largest absolute Gasteiger partial charge is 0.490 e. The Bertz CT molecular complexity index is 1380. The molecule has 2 aromatic carbocycles. The molecule has 1 aliphatic heterocycles. The van der Waals surface area contributed by atoms with Gasteiger partial charge < -0.3 is 10.4 Å². The van der Waals surface area contributed by atoms with Crippen LogP contribution in [0.15, 0.2) is 58.3 Å². The second-order valence-corrected chi connectivity index (χ2v) is 11.6. The lowest BCUT2D eigenvalue weighted by atomic mass is 10.1. The summed E-state index contributed by atoms with van der Waals surface area (Å²) in [6, 6.07) is 13.4. The van der Waals surface area contributed by atoms with E-state index in [9.17, 15) is 26.0 Å². The number of aliphatic carboxylic acids is 1. The lowest BCUT2D eigenvalue weighted by molar-refractivity contribution is -0.192. The molecule has 0 radical (unpaired) electrons. The molecule has 1 unspecified atom stereocenters. The normalized spacial score (nSPS) is 17.8. The van der Waals surface area contributed by atoms with E-state index in [0.29, 0.717) is 5.69 Å². The molecule has 8 nitrogen and oxygen atoms in total. The Labute approximate surface area is 226 Å². The Morgan fingerprint density at radius 3 is 2.44 bits per heavy atom. The average molecular weight is 587 g/mol. The van der Waals surface area contributed by atoms with Crippen molar-refractivity contribution in [3.8, 4) is 0 Å². The van der Waals surface area contributed by atoms with Gasteiger partial charge in [0.25, 0.3) is 10.0 Å². The van der Waals surface area contributed by atoms with Crippen LogP contribution in [0.4, 0.5) is 29.1 Å². The number of anilines is 2. The maximum Gasteiger partial charge on any atom is 0.490 e. The number of nitrogens with zero attached hydrogens (tertiary/aromatic N) is 2. The van der Waals surface area contributed by atoms with Gasteiger partial charge in [0, 0.05) is 36.7 Å². The molecule has 0 amide bonds. The van der Waals surface area contributed by atoms with Crippen LogP contribution >= 0.6 is 11.3 Å². The van der Waals surface area contributed by atoms with E-state index in [-0.39, 0.29) is 22.7 Å². The highest BCUT2D eigenvalue weighted by molar-refractivity contribution is 7.92. The summed E-state index contributed by atoms with van der Waals surface area (Å²) in [5.41, 5.74) is 4.40. The van der Waals surface area contributed by atoms with Crippen molar-refractivity contribution in [2.24, 2.45) is 0 Å². The summed E-state index contributed by atoms with van der Waals surface area (Å²) in [6.07, 6.45) is -2.14. The number of carboxylic acid groups (broad SMARTS) is 1. The lowest BCUT2D eigenvalue weighted by Gasteiger charge is -2.20. The fourth-order valence-electron chi connectivity index (χ4n) is 4.24. The quantitative estimate of drug-likeness (QED) is 0.308. The van der Waals surface area contributed by atoms with E-state index in [1.807, 2.05) is 18.2 Å². The summed E-state index contributed by atoms with van der Waals surface area (Å²) in [5.74, 6) is -3.03. The van der Waals surface area contributed by atoms with E-state index >= 15 is 0 Å². The van der Waals surface area contributed by atoms with Gasteiger partial charge in [0.2, 0.25) is 0 Å². The van der Waals surface area contributed by atoms with E-state index in [1.165, 1.54) is 34.5 Å². The number of thiazole rings is 1. The number of nitrogens with one attached hydrogen (secondary N) is 2. The van der Waals surface area contributed by atoms with Crippen LogP contribution in [0.25, 0.3) is 0 Å². The molecule has 3 aromatic rings. The third-order valence-corrected chi connectivity index (χ3v) is 8.16. The smallest absolute Gasteiger partial charge is 0.475 e. The van der Waals surface area contributed by atoms with Crippen LogP contribution < -0.4 is 10.0 Å². The minimum absolute atomic E-state index is 0.200. The van der Waals surface area contributed by atoms with Crippen LogP contribution in [0.1, 0.15) is 36.3 Å². The summed E-state index contributed by atoms with van der Waals surface area (Å²) < 4.78 is 74.6. The van der Waals surface area contributed by atoms with Crippen LogP contribution in [0.2, 0.25) is 0 Å². The van der Waals surface area contributed by atoms with Crippen LogP contribution in [-0.4, -0.2) is 54.7 Å². The van der Waals surface area contributed by atoms with E-state index < -0.39 is 28.0 Å². The van der Waals surface area contributed by atoms with Crippen molar-refractivity contribution in [1.29, 1.82) is 0 Å². The molecule has 210 valence electrons. The number of rotatable bonds is 8. The molecule has 2 heterocycles. The number of hydrogen-bond donors (Lipinski definition) is 3. The Balaban J connectivity index is 0.000000448. The summed E-state index contributed by atoms with van der Waals surface area (Å²) in [5, 5.41) is 12.2. The topological polar surface area (TPSA) is 112 Å². The second-order valence-electron chi connectivity index (χ2n) is 9.28. The molecule has 0 bridgehead atoms. The number of likely N-dealkylation sites (tertiary alicyclic amines) is 1. The van der Waals surface area contributed by atoms with Crippen molar-refractivity contribution >= 4 is 38.8 Å². The number of sulfonamides is 1. The number of halogens is 4. The van der Waals surface area contributed by atoms with Crippen molar-refractivity contribution in [3.63, 3.8) is 0 Å². The molecule has 0 spiro atoms. The third kappa shape index (κ3) is 7.90. The fourth-order valence-corrected chi connectivity index (χ4v) is 5.90. The number of benzene rings is 2. The first-order valence-corrected chi connectivity index (χ1v) is 14.4. The summed E-state index contributed by atoms with van der Waals surface area (Å²) in [6.45, 7) is 2.73. The molecule has 1 aromatic heterocycles. The van der Waals surface area contributed by atoms with Gasteiger partial charge in [-0.3, -0.25) is 9.62 Å². The molecule has 1 saturated carbocycles. The van der Waals surface area contributed by atoms with Crippen molar-refractivity contribution < 1.29 is 35.9 Å². The van der Waals surface area contributed by atoms with E-state index in [4.69, 9.17) is 9.90 Å². The zero-order valence-electron chi connectivity index (χ0n) is 20.5. The number of carbonyl (C=O) groups is 1. The third-order valence-electron chi connectivity index (χ3n) is 6.21. The molecule has 39 heavy (non-hydrogen) atoms.